The summed E-state index contributed by atoms with van der Waals surface area (Å²) in [5.41, 5.74) is 0.695. The van der Waals surface area contributed by atoms with Crippen LogP contribution in [0.3, 0.4) is 0 Å². The van der Waals surface area contributed by atoms with Gasteiger partial charge in [-0.15, -0.1) is 0 Å². The molecule has 0 amide bonds. The van der Waals surface area contributed by atoms with E-state index < -0.39 is 0 Å². The molecule has 0 bridgehead atoms. The second kappa shape index (κ2) is 7.45. The average molecular weight is 155 g/mol. The molecule has 0 aliphatic heterocycles. The van der Waals surface area contributed by atoms with Crippen LogP contribution in [0.1, 0.15) is 39.5 Å². The highest BCUT2D eigenvalue weighted by atomic mass is 16.1. The lowest BCUT2D eigenvalue weighted by molar-refractivity contribution is -0.102. The molecule has 0 spiro atoms. The van der Waals surface area contributed by atoms with Crippen LogP contribution in [0, 0.1) is 0 Å². The summed E-state index contributed by atoms with van der Waals surface area (Å²) < 4.78 is 0. The molecule has 0 aliphatic rings. The SMILES string of the molecule is CCCCCN=C(C=O)CC. The Morgan fingerprint density at radius 2 is 2.09 bits per heavy atom. The molecule has 0 saturated heterocycles. The molecular weight excluding hydrogens is 138 g/mol. The van der Waals surface area contributed by atoms with E-state index in [1.54, 1.807) is 0 Å². The summed E-state index contributed by atoms with van der Waals surface area (Å²) in [4.78, 5) is 14.4. The van der Waals surface area contributed by atoms with E-state index >= 15 is 0 Å². The first-order valence-electron chi connectivity index (χ1n) is 4.33. The standard InChI is InChI=1S/C9H17NO/c1-3-5-6-7-10-9(4-2)8-11/h8H,3-7H2,1-2H3. The van der Waals surface area contributed by atoms with E-state index in [9.17, 15) is 4.79 Å². The number of carbonyl (C=O) groups is 1. The van der Waals surface area contributed by atoms with E-state index in [0.29, 0.717) is 5.71 Å². The molecule has 0 N–H and O–H groups in total. The number of hydrogen-bond donors (Lipinski definition) is 0. The van der Waals surface area contributed by atoms with Gasteiger partial charge in [-0.05, 0) is 12.8 Å². The Balaban J connectivity index is 3.44. The molecule has 0 atom stereocenters. The summed E-state index contributed by atoms with van der Waals surface area (Å²) in [6, 6.07) is 0. The molecular formula is C9H17NO. The van der Waals surface area contributed by atoms with Crippen LogP contribution in [-0.4, -0.2) is 18.5 Å². The minimum absolute atomic E-state index is 0.695. The fourth-order valence-corrected chi connectivity index (χ4v) is 0.817. The summed E-state index contributed by atoms with van der Waals surface area (Å²) in [5.74, 6) is 0. The van der Waals surface area contributed by atoms with Gasteiger partial charge in [0, 0.05) is 6.54 Å². The highest BCUT2D eigenvalue weighted by Gasteiger charge is 1.90. The molecule has 0 radical (unpaired) electrons. The number of hydrogen-bond acceptors (Lipinski definition) is 2. The van der Waals surface area contributed by atoms with Crippen LogP contribution in [0.2, 0.25) is 0 Å². The number of aliphatic imine (C=N–C) groups is 1. The maximum atomic E-state index is 10.3. The van der Waals surface area contributed by atoms with Gasteiger partial charge in [0.05, 0.1) is 5.71 Å². The first kappa shape index (κ1) is 10.3. The van der Waals surface area contributed by atoms with Crippen molar-refractivity contribution >= 4 is 12.0 Å². The van der Waals surface area contributed by atoms with Crippen molar-refractivity contribution in [2.75, 3.05) is 6.54 Å². The van der Waals surface area contributed by atoms with Gasteiger partial charge >= 0.3 is 0 Å². The van der Waals surface area contributed by atoms with Crippen molar-refractivity contribution in [1.29, 1.82) is 0 Å². The van der Waals surface area contributed by atoms with Gasteiger partial charge in [-0.3, -0.25) is 9.79 Å². The monoisotopic (exact) mass is 155 g/mol. The van der Waals surface area contributed by atoms with Crippen molar-refractivity contribution in [1.82, 2.24) is 0 Å². The molecule has 0 rings (SSSR count). The molecule has 0 unspecified atom stereocenters. The third-order valence-corrected chi connectivity index (χ3v) is 1.57. The zero-order valence-corrected chi connectivity index (χ0v) is 7.47. The average Bonchev–Trinajstić information content (AvgIpc) is 2.05. The minimum Gasteiger partial charge on any atom is -0.297 e. The van der Waals surface area contributed by atoms with Gasteiger partial charge in [0.25, 0.3) is 0 Å². The zero-order valence-electron chi connectivity index (χ0n) is 7.47. The Kier molecular flexibility index (Phi) is 7.00. The van der Waals surface area contributed by atoms with Crippen LogP contribution in [0.4, 0.5) is 0 Å². The molecule has 0 aromatic heterocycles. The van der Waals surface area contributed by atoms with Crippen LogP contribution in [0.15, 0.2) is 4.99 Å². The number of carbonyl (C=O) groups excluding carboxylic acids is 1. The Morgan fingerprint density at radius 3 is 2.55 bits per heavy atom. The largest absolute Gasteiger partial charge is 0.297 e. The summed E-state index contributed by atoms with van der Waals surface area (Å²) in [7, 11) is 0. The van der Waals surface area contributed by atoms with E-state index in [2.05, 4.69) is 11.9 Å². The second-order valence-corrected chi connectivity index (χ2v) is 2.55. The van der Waals surface area contributed by atoms with E-state index in [1.165, 1.54) is 12.8 Å². The third kappa shape index (κ3) is 5.77. The lowest BCUT2D eigenvalue weighted by Gasteiger charge is -1.94. The lowest BCUT2D eigenvalue weighted by atomic mass is 10.2. The van der Waals surface area contributed by atoms with Crippen molar-refractivity contribution in [2.24, 2.45) is 4.99 Å². The molecule has 0 aromatic rings. The van der Waals surface area contributed by atoms with Crippen molar-refractivity contribution in [2.45, 2.75) is 39.5 Å². The summed E-state index contributed by atoms with van der Waals surface area (Å²) in [6.45, 7) is 4.92. The van der Waals surface area contributed by atoms with Crippen molar-refractivity contribution < 1.29 is 4.79 Å². The summed E-state index contributed by atoms with van der Waals surface area (Å²) >= 11 is 0. The number of unbranched alkanes of at least 4 members (excludes halogenated alkanes) is 2. The maximum absolute atomic E-state index is 10.3. The predicted octanol–water partition coefficient (Wildman–Crippen LogP) is 2.23. The van der Waals surface area contributed by atoms with E-state index in [0.717, 1.165) is 25.7 Å². The minimum atomic E-state index is 0.695. The molecule has 0 heterocycles. The van der Waals surface area contributed by atoms with E-state index in [-0.39, 0.29) is 0 Å². The summed E-state index contributed by atoms with van der Waals surface area (Å²) in [6.07, 6.45) is 5.13. The fraction of sp³-hybridized carbons (Fsp3) is 0.778. The lowest BCUT2D eigenvalue weighted by Crippen LogP contribution is -1.98. The normalized spacial score (nSPS) is 11.6. The first-order chi connectivity index (χ1) is 5.35. The van der Waals surface area contributed by atoms with Crippen LogP contribution in [0.5, 0.6) is 0 Å². The molecule has 11 heavy (non-hydrogen) atoms. The highest BCUT2D eigenvalue weighted by molar-refractivity contribution is 6.28. The number of rotatable bonds is 6. The molecule has 2 heteroatoms. The van der Waals surface area contributed by atoms with Gasteiger partial charge in [-0.1, -0.05) is 26.7 Å². The Morgan fingerprint density at radius 1 is 1.36 bits per heavy atom. The topological polar surface area (TPSA) is 29.4 Å². The van der Waals surface area contributed by atoms with Gasteiger partial charge in [0.2, 0.25) is 0 Å². The summed E-state index contributed by atoms with van der Waals surface area (Å²) in [5, 5.41) is 0. The molecule has 0 saturated carbocycles. The molecule has 0 aliphatic carbocycles. The van der Waals surface area contributed by atoms with Crippen LogP contribution < -0.4 is 0 Å². The molecule has 64 valence electrons. The molecule has 0 aromatic carbocycles. The third-order valence-electron chi connectivity index (χ3n) is 1.57. The van der Waals surface area contributed by atoms with Gasteiger partial charge in [0.15, 0.2) is 6.29 Å². The highest BCUT2D eigenvalue weighted by Crippen LogP contribution is 1.94. The quantitative estimate of drug-likeness (QED) is 0.328. The zero-order chi connectivity index (χ0) is 8.53. The van der Waals surface area contributed by atoms with Gasteiger partial charge in [-0.25, -0.2) is 0 Å². The number of nitrogens with zero attached hydrogens (tertiary/aromatic N) is 1. The van der Waals surface area contributed by atoms with Gasteiger partial charge in [0.1, 0.15) is 0 Å². The maximum Gasteiger partial charge on any atom is 0.163 e. The second-order valence-electron chi connectivity index (χ2n) is 2.55. The fourth-order valence-electron chi connectivity index (χ4n) is 0.817. The molecule has 0 fully saturated rings. The number of aldehydes is 1. The smallest absolute Gasteiger partial charge is 0.163 e. The predicted molar refractivity (Wildman–Crippen MR) is 48.2 cm³/mol. The van der Waals surface area contributed by atoms with Gasteiger partial charge < -0.3 is 0 Å². The van der Waals surface area contributed by atoms with Crippen molar-refractivity contribution in [3.63, 3.8) is 0 Å². The first-order valence-corrected chi connectivity index (χ1v) is 4.33. The molecule has 2 nitrogen and oxygen atoms in total. The van der Waals surface area contributed by atoms with Crippen LogP contribution in [-0.2, 0) is 4.79 Å². The van der Waals surface area contributed by atoms with E-state index in [1.807, 2.05) is 6.92 Å². The Bertz CT molecular complexity index is 130. The Labute approximate surface area is 68.7 Å². The van der Waals surface area contributed by atoms with Crippen molar-refractivity contribution in [3.8, 4) is 0 Å². The van der Waals surface area contributed by atoms with Crippen LogP contribution in [0.25, 0.3) is 0 Å². The van der Waals surface area contributed by atoms with Crippen molar-refractivity contribution in [3.05, 3.63) is 0 Å². The van der Waals surface area contributed by atoms with Crippen LogP contribution >= 0.6 is 0 Å². The van der Waals surface area contributed by atoms with Gasteiger partial charge in [-0.2, -0.15) is 0 Å². The van der Waals surface area contributed by atoms with E-state index in [4.69, 9.17) is 0 Å². The Hall–Kier alpha value is -0.660.